The Kier molecular flexibility index (Phi) is 7.68. The first-order valence-electron chi connectivity index (χ1n) is 7.85. The van der Waals surface area contributed by atoms with Crippen LogP contribution in [0.5, 0.6) is 5.75 Å². The second-order valence-corrected chi connectivity index (χ2v) is 6.60. The average Bonchev–Trinajstić information content (AvgIpc) is 2.38. The van der Waals surface area contributed by atoms with Crippen LogP contribution in [0.15, 0.2) is 24.3 Å². The van der Waals surface area contributed by atoms with Gasteiger partial charge in [-0.1, -0.05) is 39.8 Å². The van der Waals surface area contributed by atoms with Crippen LogP contribution >= 0.6 is 0 Å². The predicted molar refractivity (Wildman–Crippen MR) is 87.4 cm³/mol. The van der Waals surface area contributed by atoms with Crippen LogP contribution in [0.25, 0.3) is 0 Å². The summed E-state index contributed by atoms with van der Waals surface area (Å²) < 4.78 is 5.22. The molecule has 2 nitrogen and oxygen atoms in total. The first-order valence-corrected chi connectivity index (χ1v) is 7.85. The van der Waals surface area contributed by atoms with Gasteiger partial charge in [-0.25, -0.2) is 0 Å². The van der Waals surface area contributed by atoms with Crippen LogP contribution in [0, 0.1) is 17.8 Å². The van der Waals surface area contributed by atoms with Crippen LogP contribution < -0.4 is 10.1 Å². The van der Waals surface area contributed by atoms with Crippen molar-refractivity contribution < 1.29 is 4.74 Å². The standard InChI is InChI=1S/C18H31NO/c1-14(2)10-17(13-19-12-15(3)4)11-16-6-8-18(20-5)9-7-16/h6-9,14-15,17,19H,10-13H2,1-5H3. The monoisotopic (exact) mass is 277 g/mol. The Bertz CT molecular complexity index is 356. The van der Waals surface area contributed by atoms with Crippen LogP contribution in [-0.4, -0.2) is 20.2 Å². The van der Waals surface area contributed by atoms with Crippen molar-refractivity contribution in [2.24, 2.45) is 17.8 Å². The van der Waals surface area contributed by atoms with E-state index in [2.05, 4.69) is 57.3 Å². The quantitative estimate of drug-likeness (QED) is 0.732. The maximum absolute atomic E-state index is 5.22. The summed E-state index contributed by atoms with van der Waals surface area (Å²) in [6, 6.07) is 8.50. The number of methoxy groups -OCH3 is 1. The van der Waals surface area contributed by atoms with E-state index in [1.807, 2.05) is 0 Å². The van der Waals surface area contributed by atoms with E-state index < -0.39 is 0 Å². The van der Waals surface area contributed by atoms with Crippen LogP contribution in [0.4, 0.5) is 0 Å². The molecule has 0 aliphatic carbocycles. The molecule has 1 unspecified atom stereocenters. The highest BCUT2D eigenvalue weighted by Crippen LogP contribution is 2.19. The largest absolute Gasteiger partial charge is 0.497 e. The Hall–Kier alpha value is -1.02. The summed E-state index contributed by atoms with van der Waals surface area (Å²) in [6.45, 7) is 11.4. The number of hydrogen-bond donors (Lipinski definition) is 1. The minimum atomic E-state index is 0.710. The molecule has 20 heavy (non-hydrogen) atoms. The molecule has 0 saturated carbocycles. The van der Waals surface area contributed by atoms with Crippen LogP contribution in [-0.2, 0) is 6.42 Å². The van der Waals surface area contributed by atoms with E-state index in [-0.39, 0.29) is 0 Å². The Balaban J connectivity index is 2.53. The summed E-state index contributed by atoms with van der Waals surface area (Å²) in [5.74, 6) is 3.11. The van der Waals surface area contributed by atoms with Gasteiger partial charge in [0.25, 0.3) is 0 Å². The molecule has 1 rings (SSSR count). The highest BCUT2D eigenvalue weighted by Gasteiger charge is 2.12. The molecule has 1 aromatic carbocycles. The van der Waals surface area contributed by atoms with Gasteiger partial charge >= 0.3 is 0 Å². The lowest BCUT2D eigenvalue weighted by Gasteiger charge is -2.20. The van der Waals surface area contributed by atoms with Gasteiger partial charge in [-0.15, -0.1) is 0 Å². The molecule has 1 N–H and O–H groups in total. The first kappa shape index (κ1) is 17.0. The molecule has 0 bridgehead atoms. The van der Waals surface area contributed by atoms with Gasteiger partial charge in [0.2, 0.25) is 0 Å². The average molecular weight is 277 g/mol. The van der Waals surface area contributed by atoms with Crippen molar-refractivity contribution in [2.45, 2.75) is 40.5 Å². The first-order chi connectivity index (χ1) is 9.51. The third kappa shape index (κ3) is 6.95. The fourth-order valence-electron chi connectivity index (χ4n) is 2.58. The summed E-state index contributed by atoms with van der Waals surface area (Å²) in [5, 5.41) is 3.61. The molecule has 1 atom stereocenters. The lowest BCUT2D eigenvalue weighted by atomic mass is 9.90. The Labute approximate surface area is 124 Å². The third-order valence-electron chi connectivity index (χ3n) is 3.47. The van der Waals surface area contributed by atoms with Crippen molar-refractivity contribution in [1.29, 1.82) is 0 Å². The van der Waals surface area contributed by atoms with Crippen molar-refractivity contribution in [3.8, 4) is 5.75 Å². The second-order valence-electron chi connectivity index (χ2n) is 6.60. The number of hydrogen-bond acceptors (Lipinski definition) is 2. The van der Waals surface area contributed by atoms with Crippen molar-refractivity contribution >= 4 is 0 Å². The predicted octanol–water partition coefficient (Wildman–Crippen LogP) is 4.15. The SMILES string of the molecule is COc1ccc(CC(CNCC(C)C)CC(C)C)cc1. The molecule has 0 amide bonds. The number of rotatable bonds is 9. The van der Waals surface area contributed by atoms with Gasteiger partial charge in [0.15, 0.2) is 0 Å². The summed E-state index contributed by atoms with van der Waals surface area (Å²) in [5.41, 5.74) is 1.41. The van der Waals surface area contributed by atoms with E-state index in [1.54, 1.807) is 7.11 Å². The van der Waals surface area contributed by atoms with Gasteiger partial charge in [0.05, 0.1) is 7.11 Å². The van der Waals surface area contributed by atoms with Crippen molar-refractivity contribution in [3.05, 3.63) is 29.8 Å². The number of nitrogens with one attached hydrogen (secondary N) is 1. The molecule has 2 heteroatoms. The van der Waals surface area contributed by atoms with E-state index >= 15 is 0 Å². The Morgan fingerprint density at radius 3 is 2.10 bits per heavy atom. The lowest BCUT2D eigenvalue weighted by molar-refractivity contribution is 0.376. The third-order valence-corrected chi connectivity index (χ3v) is 3.47. The van der Waals surface area contributed by atoms with Crippen LogP contribution in [0.2, 0.25) is 0 Å². The molecule has 0 fully saturated rings. The van der Waals surface area contributed by atoms with Gasteiger partial charge in [0.1, 0.15) is 5.75 Å². The molecule has 114 valence electrons. The number of ether oxygens (including phenoxy) is 1. The zero-order chi connectivity index (χ0) is 15.0. The summed E-state index contributed by atoms with van der Waals surface area (Å²) in [4.78, 5) is 0. The van der Waals surface area contributed by atoms with E-state index in [0.717, 1.165) is 37.1 Å². The molecule has 0 spiro atoms. The topological polar surface area (TPSA) is 21.3 Å². The van der Waals surface area contributed by atoms with E-state index in [4.69, 9.17) is 4.74 Å². The number of benzene rings is 1. The van der Waals surface area contributed by atoms with Gasteiger partial charge in [-0.2, -0.15) is 0 Å². The normalized spacial score (nSPS) is 12.9. The fraction of sp³-hybridized carbons (Fsp3) is 0.667. The van der Waals surface area contributed by atoms with Crippen LogP contribution in [0.1, 0.15) is 39.7 Å². The maximum atomic E-state index is 5.22. The molecule has 0 aliphatic heterocycles. The van der Waals surface area contributed by atoms with Crippen molar-refractivity contribution in [2.75, 3.05) is 20.2 Å². The molecular weight excluding hydrogens is 246 g/mol. The van der Waals surface area contributed by atoms with Crippen LogP contribution in [0.3, 0.4) is 0 Å². The smallest absolute Gasteiger partial charge is 0.118 e. The molecule has 1 aromatic rings. The lowest BCUT2D eigenvalue weighted by Crippen LogP contribution is -2.28. The molecule has 0 radical (unpaired) electrons. The maximum Gasteiger partial charge on any atom is 0.118 e. The van der Waals surface area contributed by atoms with Gasteiger partial charge in [-0.05, 0) is 61.4 Å². The zero-order valence-corrected chi connectivity index (χ0v) is 13.8. The minimum absolute atomic E-state index is 0.710. The molecule has 0 aliphatic rings. The Morgan fingerprint density at radius 2 is 1.60 bits per heavy atom. The van der Waals surface area contributed by atoms with E-state index in [9.17, 15) is 0 Å². The summed E-state index contributed by atoms with van der Waals surface area (Å²) in [7, 11) is 1.71. The minimum Gasteiger partial charge on any atom is -0.497 e. The Morgan fingerprint density at radius 1 is 0.950 bits per heavy atom. The van der Waals surface area contributed by atoms with E-state index in [0.29, 0.717) is 5.92 Å². The highest BCUT2D eigenvalue weighted by molar-refractivity contribution is 5.27. The summed E-state index contributed by atoms with van der Waals surface area (Å²) >= 11 is 0. The molecule has 0 heterocycles. The summed E-state index contributed by atoms with van der Waals surface area (Å²) in [6.07, 6.45) is 2.42. The van der Waals surface area contributed by atoms with Crippen molar-refractivity contribution in [1.82, 2.24) is 5.32 Å². The van der Waals surface area contributed by atoms with Gasteiger partial charge in [0, 0.05) is 0 Å². The molecule has 0 saturated heterocycles. The van der Waals surface area contributed by atoms with E-state index in [1.165, 1.54) is 12.0 Å². The van der Waals surface area contributed by atoms with Gasteiger partial charge < -0.3 is 10.1 Å². The second kappa shape index (κ2) is 9.02. The highest BCUT2D eigenvalue weighted by atomic mass is 16.5. The molecular formula is C18H31NO. The molecule has 0 aromatic heterocycles. The fourth-order valence-corrected chi connectivity index (χ4v) is 2.58. The van der Waals surface area contributed by atoms with Crippen molar-refractivity contribution in [3.63, 3.8) is 0 Å². The zero-order valence-electron chi connectivity index (χ0n) is 13.8. The van der Waals surface area contributed by atoms with Gasteiger partial charge in [-0.3, -0.25) is 0 Å².